The molecule has 0 unspecified atom stereocenters. The first kappa shape index (κ1) is 16.6. The zero-order chi connectivity index (χ0) is 18.3. The molecule has 26 heavy (non-hydrogen) atoms. The van der Waals surface area contributed by atoms with Crippen LogP contribution >= 0.6 is 0 Å². The quantitative estimate of drug-likeness (QED) is 0.881. The number of hydroxylamine groups is 1. The van der Waals surface area contributed by atoms with Crippen molar-refractivity contribution in [3.63, 3.8) is 0 Å². The van der Waals surface area contributed by atoms with Crippen LogP contribution in [0.4, 0.5) is 0 Å². The van der Waals surface area contributed by atoms with Gasteiger partial charge in [-0.3, -0.25) is 15.1 Å². The smallest absolute Gasteiger partial charge is 0.269 e. The van der Waals surface area contributed by atoms with Crippen LogP contribution in [0, 0.1) is 0 Å². The van der Waals surface area contributed by atoms with E-state index in [9.17, 15) is 13.2 Å². The van der Waals surface area contributed by atoms with Gasteiger partial charge in [-0.05, 0) is 30.3 Å². The van der Waals surface area contributed by atoms with E-state index in [4.69, 9.17) is 9.57 Å². The Bertz CT molecular complexity index is 1020. The Morgan fingerprint density at radius 1 is 1.12 bits per heavy atom. The van der Waals surface area contributed by atoms with E-state index in [1.54, 1.807) is 25.3 Å². The van der Waals surface area contributed by atoms with Crippen molar-refractivity contribution in [2.24, 2.45) is 0 Å². The fourth-order valence-corrected chi connectivity index (χ4v) is 4.65. The Labute approximate surface area is 150 Å². The second kappa shape index (κ2) is 6.15. The molecule has 1 N–H and O–H groups in total. The van der Waals surface area contributed by atoms with Crippen molar-refractivity contribution in [1.82, 2.24) is 9.79 Å². The number of sulfonamides is 1. The van der Waals surface area contributed by atoms with Crippen molar-refractivity contribution in [3.05, 3.63) is 65.7 Å². The molecule has 0 bridgehead atoms. The van der Waals surface area contributed by atoms with Crippen LogP contribution < -0.4 is 10.2 Å². The highest BCUT2D eigenvalue weighted by molar-refractivity contribution is 7.90. The molecular weight excluding hydrogens is 356 g/mol. The normalized spacial score (nSPS) is 20.5. The number of nitrogens with zero attached hydrogens (tertiary/aromatic N) is 1. The van der Waals surface area contributed by atoms with E-state index in [1.165, 1.54) is 12.1 Å². The van der Waals surface area contributed by atoms with Crippen molar-refractivity contribution in [2.75, 3.05) is 13.7 Å². The van der Waals surface area contributed by atoms with Crippen molar-refractivity contribution in [1.29, 1.82) is 0 Å². The van der Waals surface area contributed by atoms with Gasteiger partial charge in [0.15, 0.2) is 0 Å². The standard InChI is InChI=1S/C18H16N2O5S/c1-24-16-8-4-2-6-13(16)15-10-12(25-19-15)11-20-18(21)14-7-3-5-9-17(14)26(20,22)23/h2-10,12,19H,11H2,1H3/t12-/m1/s1. The lowest BCUT2D eigenvalue weighted by molar-refractivity contribution is 0.0389. The third kappa shape index (κ3) is 2.54. The van der Waals surface area contributed by atoms with E-state index in [0.717, 1.165) is 9.87 Å². The van der Waals surface area contributed by atoms with E-state index in [0.29, 0.717) is 11.4 Å². The zero-order valence-corrected chi connectivity index (χ0v) is 14.7. The molecule has 0 spiro atoms. The summed E-state index contributed by atoms with van der Waals surface area (Å²) in [6, 6.07) is 13.6. The largest absolute Gasteiger partial charge is 0.496 e. The molecule has 2 aromatic carbocycles. The van der Waals surface area contributed by atoms with E-state index in [1.807, 2.05) is 24.3 Å². The summed E-state index contributed by atoms with van der Waals surface area (Å²) in [6.45, 7) is -0.110. The molecule has 134 valence electrons. The van der Waals surface area contributed by atoms with E-state index in [2.05, 4.69) is 5.48 Å². The number of benzene rings is 2. The summed E-state index contributed by atoms with van der Waals surface area (Å²) in [7, 11) is -2.29. The van der Waals surface area contributed by atoms with Crippen LogP contribution in [0.1, 0.15) is 15.9 Å². The van der Waals surface area contributed by atoms with Gasteiger partial charge < -0.3 is 4.74 Å². The minimum Gasteiger partial charge on any atom is -0.496 e. The van der Waals surface area contributed by atoms with Gasteiger partial charge in [0.25, 0.3) is 15.9 Å². The Hall–Kier alpha value is -2.84. The fourth-order valence-electron chi connectivity index (χ4n) is 3.07. The summed E-state index contributed by atoms with van der Waals surface area (Å²) in [5.74, 6) is 0.121. The fraction of sp³-hybridized carbons (Fsp3) is 0.167. The first-order chi connectivity index (χ1) is 12.5. The molecule has 0 aliphatic carbocycles. The Morgan fingerprint density at radius 2 is 1.81 bits per heavy atom. The predicted molar refractivity (Wildman–Crippen MR) is 93.6 cm³/mol. The maximum atomic E-state index is 12.6. The average Bonchev–Trinajstić information content (AvgIpc) is 3.20. The molecule has 4 rings (SSSR count). The van der Waals surface area contributed by atoms with Crippen molar-refractivity contribution < 1.29 is 22.8 Å². The molecule has 0 aromatic heterocycles. The first-order valence-corrected chi connectivity index (χ1v) is 9.39. The van der Waals surface area contributed by atoms with Crippen LogP contribution in [0.25, 0.3) is 5.70 Å². The van der Waals surface area contributed by atoms with Crippen molar-refractivity contribution in [3.8, 4) is 5.75 Å². The molecular formula is C18H16N2O5S. The Morgan fingerprint density at radius 3 is 2.54 bits per heavy atom. The number of ether oxygens (including phenoxy) is 1. The van der Waals surface area contributed by atoms with E-state index < -0.39 is 22.0 Å². The number of carbonyl (C=O) groups excluding carboxylic acids is 1. The molecule has 2 heterocycles. The van der Waals surface area contributed by atoms with Crippen LogP contribution in [0.2, 0.25) is 0 Å². The van der Waals surface area contributed by atoms with E-state index in [-0.39, 0.29) is 17.0 Å². The molecule has 1 amide bonds. The number of nitrogens with one attached hydrogen (secondary N) is 1. The van der Waals surface area contributed by atoms with Gasteiger partial charge in [0, 0.05) is 5.56 Å². The molecule has 2 aliphatic heterocycles. The first-order valence-electron chi connectivity index (χ1n) is 7.95. The topological polar surface area (TPSA) is 84.9 Å². The van der Waals surface area contributed by atoms with Crippen LogP contribution in [-0.2, 0) is 14.9 Å². The predicted octanol–water partition coefficient (Wildman–Crippen LogP) is 1.78. The molecule has 0 fully saturated rings. The van der Waals surface area contributed by atoms with Gasteiger partial charge in [-0.2, -0.15) is 0 Å². The van der Waals surface area contributed by atoms with Gasteiger partial charge in [0.1, 0.15) is 16.7 Å². The Kier molecular flexibility index (Phi) is 3.93. The number of methoxy groups -OCH3 is 1. The van der Waals surface area contributed by atoms with Gasteiger partial charge in [-0.25, -0.2) is 12.7 Å². The number of fused-ring (bicyclic) bond motifs is 1. The summed E-state index contributed by atoms with van der Waals surface area (Å²) in [5.41, 5.74) is 4.42. The van der Waals surface area contributed by atoms with Crippen LogP contribution in [0.15, 0.2) is 59.5 Å². The van der Waals surface area contributed by atoms with Gasteiger partial charge in [-0.1, -0.05) is 24.3 Å². The summed E-state index contributed by atoms with van der Waals surface area (Å²) < 4.78 is 31.4. The highest BCUT2D eigenvalue weighted by Crippen LogP contribution is 2.32. The summed E-state index contributed by atoms with van der Waals surface area (Å²) in [6.07, 6.45) is 1.13. The number of para-hydroxylation sites is 1. The minimum atomic E-state index is -3.86. The van der Waals surface area contributed by atoms with Crippen molar-refractivity contribution >= 4 is 21.6 Å². The second-order valence-corrected chi connectivity index (χ2v) is 7.71. The van der Waals surface area contributed by atoms with Crippen molar-refractivity contribution in [2.45, 2.75) is 11.0 Å². The second-order valence-electron chi connectivity index (χ2n) is 5.88. The average molecular weight is 372 g/mol. The molecule has 0 saturated heterocycles. The van der Waals surface area contributed by atoms with E-state index >= 15 is 0 Å². The molecule has 2 aliphatic rings. The van der Waals surface area contributed by atoms with Crippen LogP contribution in [-0.4, -0.2) is 38.4 Å². The number of amides is 1. The molecule has 0 radical (unpaired) electrons. The molecule has 2 aromatic rings. The Balaban J connectivity index is 1.60. The lowest BCUT2D eigenvalue weighted by Gasteiger charge is -2.17. The maximum absolute atomic E-state index is 12.6. The maximum Gasteiger partial charge on any atom is 0.269 e. The SMILES string of the molecule is COc1ccccc1C1=C[C@H](CN2C(=O)c3ccccc3S2(=O)=O)ON1. The molecule has 1 atom stereocenters. The number of rotatable bonds is 4. The highest BCUT2D eigenvalue weighted by Gasteiger charge is 2.42. The van der Waals surface area contributed by atoms with Gasteiger partial charge in [0.05, 0.1) is 24.9 Å². The zero-order valence-electron chi connectivity index (χ0n) is 13.9. The van der Waals surface area contributed by atoms with Gasteiger partial charge >= 0.3 is 0 Å². The molecule has 0 saturated carbocycles. The number of hydrogen-bond donors (Lipinski definition) is 1. The lowest BCUT2D eigenvalue weighted by atomic mass is 10.1. The van der Waals surface area contributed by atoms with Crippen LogP contribution in [0.5, 0.6) is 5.75 Å². The minimum absolute atomic E-state index is 0.0323. The van der Waals surface area contributed by atoms with Crippen LogP contribution in [0.3, 0.4) is 0 Å². The third-order valence-electron chi connectivity index (χ3n) is 4.33. The summed E-state index contributed by atoms with van der Waals surface area (Å²) in [4.78, 5) is 18.0. The monoisotopic (exact) mass is 372 g/mol. The molecule has 7 nitrogen and oxygen atoms in total. The lowest BCUT2D eigenvalue weighted by Crippen LogP contribution is -2.37. The number of carbonyl (C=O) groups is 1. The van der Waals surface area contributed by atoms with Gasteiger partial charge in [-0.15, -0.1) is 0 Å². The third-order valence-corrected chi connectivity index (χ3v) is 6.13. The summed E-state index contributed by atoms with van der Waals surface area (Å²) >= 11 is 0. The van der Waals surface area contributed by atoms with Gasteiger partial charge in [0.2, 0.25) is 0 Å². The molecule has 8 heteroatoms. The number of hydrogen-bond acceptors (Lipinski definition) is 6. The highest BCUT2D eigenvalue weighted by atomic mass is 32.2. The summed E-state index contributed by atoms with van der Waals surface area (Å²) in [5, 5.41) is 0.